The van der Waals surface area contributed by atoms with Crippen molar-refractivity contribution < 1.29 is 24.2 Å². The monoisotopic (exact) mass is 635 g/mol. The second kappa shape index (κ2) is 12.3. The normalized spacial score (nSPS) is 29.4. The third kappa shape index (κ3) is 5.03. The molecule has 3 amide bonds. The van der Waals surface area contributed by atoms with Gasteiger partial charge in [0, 0.05) is 36.7 Å². The summed E-state index contributed by atoms with van der Waals surface area (Å²) in [5.74, 6) is -1.18. The van der Waals surface area contributed by atoms with Gasteiger partial charge in [0.15, 0.2) is 0 Å². The van der Waals surface area contributed by atoms with Gasteiger partial charge in [-0.3, -0.25) is 14.4 Å². The molecule has 2 aromatic rings. The average molecular weight is 636 g/mol. The van der Waals surface area contributed by atoms with Crippen molar-refractivity contribution in [1.29, 1.82) is 0 Å². The number of aliphatic hydroxyl groups excluding tert-OH is 1. The number of hydrogen-bond donors (Lipinski definition) is 1. The lowest BCUT2D eigenvalue weighted by molar-refractivity contribution is -0.139. The van der Waals surface area contributed by atoms with Crippen LogP contribution in [-0.4, -0.2) is 76.1 Å². The number of amides is 3. The number of benzene rings is 2. The van der Waals surface area contributed by atoms with Crippen LogP contribution in [0.2, 0.25) is 5.02 Å². The molecule has 8 nitrogen and oxygen atoms in total. The predicted octanol–water partition coefficient (Wildman–Crippen LogP) is 5.09. The molecule has 0 bridgehead atoms. The lowest BCUT2D eigenvalue weighted by Gasteiger charge is -2.37. The first-order chi connectivity index (χ1) is 21.3. The molecule has 6 rings (SSSR count). The molecule has 1 N–H and O–H groups in total. The topological polar surface area (TPSA) is 90.4 Å². The summed E-state index contributed by atoms with van der Waals surface area (Å²) in [7, 11) is 0. The van der Waals surface area contributed by atoms with Crippen LogP contribution in [0.3, 0.4) is 0 Å². The maximum absolute atomic E-state index is 14.6. The molecule has 10 heteroatoms. The van der Waals surface area contributed by atoms with Crippen LogP contribution in [0.25, 0.3) is 0 Å². The van der Waals surface area contributed by atoms with Crippen molar-refractivity contribution >= 4 is 52.5 Å². The Bertz CT molecular complexity index is 1500. The van der Waals surface area contributed by atoms with E-state index in [2.05, 4.69) is 6.08 Å². The molecule has 2 aromatic carbocycles. The minimum Gasteiger partial charge on any atom is -0.494 e. The number of unbranched alkanes of at least 4 members (excludes halogenated alkanes) is 2. The first kappa shape index (κ1) is 30.7. The first-order valence-electron chi connectivity index (χ1n) is 15.3. The Morgan fingerprint density at radius 1 is 0.909 bits per heavy atom. The number of hydrogen-bond acceptors (Lipinski definition) is 6. The summed E-state index contributed by atoms with van der Waals surface area (Å²) in [4.78, 5) is 49.0. The maximum atomic E-state index is 14.6. The Morgan fingerprint density at radius 3 is 2.36 bits per heavy atom. The fourth-order valence-electron chi connectivity index (χ4n) is 7.34. The van der Waals surface area contributed by atoms with Crippen LogP contribution in [0.1, 0.15) is 33.1 Å². The molecule has 0 aromatic heterocycles. The molecule has 0 radical (unpaired) electrons. The number of para-hydroxylation sites is 1. The van der Waals surface area contributed by atoms with Gasteiger partial charge in [0.25, 0.3) is 5.91 Å². The SMILES string of the molecule is CCOc1ccc(N2CC=C[C@]3(C)S[C@]45C=CCN(c6ccccc6Cl)C(=O)C4N(CCCCCO)C(=O)[C@@H]5[C@@H]3C2=O)cc1. The molecule has 0 aliphatic carbocycles. The first-order valence-corrected chi connectivity index (χ1v) is 16.5. The number of halogens is 1. The van der Waals surface area contributed by atoms with Gasteiger partial charge >= 0.3 is 0 Å². The zero-order chi connectivity index (χ0) is 31.1. The molecule has 2 saturated heterocycles. The summed E-state index contributed by atoms with van der Waals surface area (Å²) in [5, 5.41) is 9.81. The number of thioether (sulfide) groups is 1. The van der Waals surface area contributed by atoms with Crippen molar-refractivity contribution in [2.45, 2.75) is 48.6 Å². The number of fused-ring (bicyclic) bond motifs is 2. The van der Waals surface area contributed by atoms with Crippen LogP contribution in [0.15, 0.2) is 72.8 Å². The van der Waals surface area contributed by atoms with E-state index in [-0.39, 0.29) is 24.3 Å². The molecule has 0 saturated carbocycles. The number of nitrogens with zero attached hydrogens (tertiary/aromatic N) is 3. The van der Waals surface area contributed by atoms with E-state index in [9.17, 15) is 19.5 Å². The van der Waals surface area contributed by atoms with E-state index < -0.39 is 27.4 Å². The smallest absolute Gasteiger partial charge is 0.251 e. The quantitative estimate of drug-likeness (QED) is 0.305. The van der Waals surface area contributed by atoms with Crippen molar-refractivity contribution in [3.05, 3.63) is 77.9 Å². The van der Waals surface area contributed by atoms with Gasteiger partial charge in [-0.25, -0.2) is 0 Å². The fourth-order valence-corrected chi connectivity index (χ4v) is 9.74. The van der Waals surface area contributed by atoms with Gasteiger partial charge in [-0.1, -0.05) is 48.0 Å². The Labute approximate surface area is 267 Å². The third-order valence-electron chi connectivity index (χ3n) is 9.22. The summed E-state index contributed by atoms with van der Waals surface area (Å²) < 4.78 is 3.96. The van der Waals surface area contributed by atoms with Crippen molar-refractivity contribution in [3.8, 4) is 5.75 Å². The molecule has 4 heterocycles. The van der Waals surface area contributed by atoms with Crippen LogP contribution in [0, 0.1) is 11.8 Å². The van der Waals surface area contributed by atoms with E-state index in [0.29, 0.717) is 49.8 Å². The van der Waals surface area contributed by atoms with Crippen molar-refractivity contribution in [2.75, 3.05) is 42.6 Å². The minimum absolute atomic E-state index is 0.0738. The van der Waals surface area contributed by atoms with Crippen molar-refractivity contribution in [1.82, 2.24) is 4.90 Å². The number of ether oxygens (including phenoxy) is 1. The zero-order valence-corrected chi connectivity index (χ0v) is 26.6. The van der Waals surface area contributed by atoms with Gasteiger partial charge in [-0.05, 0) is 69.5 Å². The largest absolute Gasteiger partial charge is 0.494 e. The number of rotatable bonds is 9. The highest BCUT2D eigenvalue weighted by Gasteiger charge is 2.74. The van der Waals surface area contributed by atoms with Crippen LogP contribution < -0.4 is 14.5 Å². The summed E-state index contributed by atoms with van der Waals surface area (Å²) >= 11 is 8.15. The number of carbonyl (C=O) groups is 3. The van der Waals surface area contributed by atoms with Crippen LogP contribution in [0.4, 0.5) is 11.4 Å². The van der Waals surface area contributed by atoms with Crippen LogP contribution in [-0.2, 0) is 14.4 Å². The molecule has 1 unspecified atom stereocenters. The van der Waals surface area contributed by atoms with E-state index in [4.69, 9.17) is 16.3 Å². The number of aliphatic hydroxyl groups is 1. The van der Waals surface area contributed by atoms with Crippen LogP contribution in [0.5, 0.6) is 5.75 Å². The Hall–Kier alpha value is -3.27. The number of carbonyl (C=O) groups excluding carboxylic acids is 3. The molecule has 44 heavy (non-hydrogen) atoms. The Balaban J connectivity index is 1.42. The van der Waals surface area contributed by atoms with Gasteiger partial charge in [0.1, 0.15) is 11.8 Å². The van der Waals surface area contributed by atoms with Gasteiger partial charge in [-0.2, -0.15) is 0 Å². The van der Waals surface area contributed by atoms with E-state index in [1.807, 2.05) is 74.5 Å². The second-order valence-electron chi connectivity index (χ2n) is 11.9. The predicted molar refractivity (Wildman–Crippen MR) is 174 cm³/mol. The van der Waals surface area contributed by atoms with E-state index in [1.54, 1.807) is 32.5 Å². The van der Waals surface area contributed by atoms with Crippen molar-refractivity contribution in [2.24, 2.45) is 11.8 Å². The molecule has 2 fully saturated rings. The molecule has 232 valence electrons. The van der Waals surface area contributed by atoms with Crippen molar-refractivity contribution in [3.63, 3.8) is 0 Å². The van der Waals surface area contributed by atoms with E-state index in [1.165, 1.54) is 0 Å². The summed E-state index contributed by atoms with van der Waals surface area (Å²) in [6.07, 6.45) is 10.0. The summed E-state index contributed by atoms with van der Waals surface area (Å²) in [6.45, 7) is 5.63. The number of anilines is 2. The highest BCUT2D eigenvalue weighted by atomic mass is 35.5. The van der Waals surface area contributed by atoms with Crippen LogP contribution >= 0.6 is 23.4 Å². The maximum Gasteiger partial charge on any atom is 0.251 e. The lowest BCUT2D eigenvalue weighted by Crippen LogP contribution is -2.53. The summed E-state index contributed by atoms with van der Waals surface area (Å²) in [6, 6.07) is 13.9. The molecular weight excluding hydrogens is 598 g/mol. The molecule has 5 atom stereocenters. The van der Waals surface area contributed by atoms with Gasteiger partial charge in [0.2, 0.25) is 11.8 Å². The summed E-state index contributed by atoms with van der Waals surface area (Å²) in [5.41, 5.74) is 1.33. The Kier molecular flexibility index (Phi) is 8.56. The molecule has 4 aliphatic rings. The average Bonchev–Trinajstić information content (AvgIpc) is 3.27. The lowest BCUT2D eigenvalue weighted by atomic mass is 9.74. The Morgan fingerprint density at radius 2 is 1.64 bits per heavy atom. The molecule has 1 spiro atoms. The molecule has 4 aliphatic heterocycles. The minimum atomic E-state index is -0.942. The van der Waals surface area contributed by atoms with E-state index >= 15 is 0 Å². The standard InChI is InChI=1S/C34H38ClN3O5S/c1-3-43-24-15-13-23(14-16-24)36-20-9-17-33(2)27(30(36)40)28-31(41)38(19-7-4-8-22-39)29-32(42)37(21-10-18-34(28,29)44-33)26-12-6-5-11-25(26)35/h5-6,9-18,27-29,39H,3-4,7-8,19-22H2,1-2H3/t27-,28+,29?,33+,34+/m1/s1. The highest BCUT2D eigenvalue weighted by molar-refractivity contribution is 8.02. The second-order valence-corrected chi connectivity index (χ2v) is 14.1. The third-order valence-corrected chi connectivity index (χ3v) is 11.3. The van der Waals surface area contributed by atoms with Gasteiger partial charge in [-0.15, -0.1) is 11.8 Å². The van der Waals surface area contributed by atoms with E-state index in [0.717, 1.165) is 17.9 Å². The number of likely N-dealkylation sites (tertiary alicyclic amines) is 1. The fraction of sp³-hybridized carbons (Fsp3) is 0.441. The highest BCUT2D eigenvalue weighted by Crippen LogP contribution is 2.65. The van der Waals surface area contributed by atoms with Gasteiger partial charge in [0.05, 0.1) is 33.9 Å². The molecular formula is C34H38ClN3O5S. The van der Waals surface area contributed by atoms with Gasteiger partial charge < -0.3 is 24.5 Å². The zero-order valence-electron chi connectivity index (χ0n) is 25.0.